The Labute approximate surface area is 133 Å². The fraction of sp³-hybridized carbons (Fsp3) is 0.538. The molecule has 1 aromatic rings. The van der Waals surface area contributed by atoms with Gasteiger partial charge in [-0.3, -0.25) is 0 Å². The Balaban J connectivity index is 2.56. The molecule has 0 saturated heterocycles. The second kappa shape index (κ2) is 8.07. The molecule has 0 aliphatic heterocycles. The van der Waals surface area contributed by atoms with E-state index < -0.39 is 20.7 Å². The lowest BCUT2D eigenvalue weighted by Crippen LogP contribution is -2.28. The first-order chi connectivity index (χ1) is 9.74. The van der Waals surface area contributed by atoms with Crippen molar-refractivity contribution in [2.45, 2.75) is 25.2 Å². The van der Waals surface area contributed by atoms with Crippen LogP contribution in [0, 0.1) is 11.7 Å². The lowest BCUT2D eigenvalue weighted by atomic mass is 10.1. The molecule has 0 fully saturated rings. The molecule has 0 radical (unpaired) electrons. The molecule has 120 valence electrons. The van der Waals surface area contributed by atoms with Crippen molar-refractivity contribution in [1.82, 2.24) is 4.72 Å². The molecular formula is C13H20BrFN2O3S. The van der Waals surface area contributed by atoms with E-state index in [1.165, 1.54) is 0 Å². The van der Waals surface area contributed by atoms with E-state index in [0.717, 1.165) is 18.6 Å². The largest absolute Gasteiger partial charge is 0.398 e. The predicted octanol–water partition coefficient (Wildman–Crippen LogP) is 2.51. The average Bonchev–Trinajstić information content (AvgIpc) is 2.37. The number of nitrogens with two attached hydrogens (primary N) is 1. The van der Waals surface area contributed by atoms with Gasteiger partial charge in [-0.1, -0.05) is 13.8 Å². The Bertz CT molecular complexity index is 579. The third-order valence-electron chi connectivity index (χ3n) is 2.72. The van der Waals surface area contributed by atoms with Crippen molar-refractivity contribution in [2.24, 2.45) is 5.92 Å². The number of nitrogens with one attached hydrogen (secondary N) is 1. The highest BCUT2D eigenvalue weighted by Crippen LogP contribution is 2.25. The summed E-state index contributed by atoms with van der Waals surface area (Å²) in [6.45, 7) is 5.04. The van der Waals surface area contributed by atoms with Gasteiger partial charge in [-0.15, -0.1) is 0 Å². The van der Waals surface area contributed by atoms with E-state index in [1.54, 1.807) is 0 Å². The van der Waals surface area contributed by atoms with E-state index >= 15 is 0 Å². The van der Waals surface area contributed by atoms with Crippen molar-refractivity contribution in [3.8, 4) is 0 Å². The average molecular weight is 383 g/mol. The number of halogens is 2. The van der Waals surface area contributed by atoms with Crippen molar-refractivity contribution in [3.63, 3.8) is 0 Å². The summed E-state index contributed by atoms with van der Waals surface area (Å²) in [5.41, 5.74) is 5.74. The molecule has 1 rings (SSSR count). The molecule has 0 bridgehead atoms. The minimum absolute atomic E-state index is 0.0792. The third-order valence-corrected chi connectivity index (χ3v) is 4.88. The first-order valence-corrected chi connectivity index (χ1v) is 8.83. The highest BCUT2D eigenvalue weighted by Gasteiger charge is 2.20. The zero-order chi connectivity index (χ0) is 16.0. The number of nitrogen functional groups attached to an aromatic ring is 1. The van der Waals surface area contributed by atoms with Crippen LogP contribution in [-0.2, 0) is 14.8 Å². The van der Waals surface area contributed by atoms with Gasteiger partial charge in [-0.05, 0) is 40.4 Å². The van der Waals surface area contributed by atoms with Crippen LogP contribution in [0.3, 0.4) is 0 Å². The standard InChI is InChI=1S/C13H20BrFN2O3S/c1-9(2)3-5-20-6-4-17-21(18,19)13-8-12(16)10(14)7-11(13)15/h7-9,17H,3-6,16H2,1-2H3. The van der Waals surface area contributed by atoms with Gasteiger partial charge >= 0.3 is 0 Å². The lowest BCUT2D eigenvalue weighted by molar-refractivity contribution is 0.128. The first kappa shape index (κ1) is 18.3. The van der Waals surface area contributed by atoms with E-state index in [1.807, 2.05) is 0 Å². The molecule has 21 heavy (non-hydrogen) atoms. The number of ether oxygens (including phenoxy) is 1. The summed E-state index contributed by atoms with van der Waals surface area (Å²) in [4.78, 5) is -0.467. The van der Waals surface area contributed by atoms with Gasteiger partial charge in [0, 0.05) is 23.3 Å². The van der Waals surface area contributed by atoms with Gasteiger partial charge in [0.15, 0.2) is 0 Å². The van der Waals surface area contributed by atoms with Crippen LogP contribution in [0.5, 0.6) is 0 Å². The molecule has 0 saturated carbocycles. The lowest BCUT2D eigenvalue weighted by Gasteiger charge is -2.10. The molecular weight excluding hydrogens is 363 g/mol. The quantitative estimate of drug-likeness (QED) is 0.534. The van der Waals surface area contributed by atoms with Crippen LogP contribution in [0.4, 0.5) is 10.1 Å². The minimum Gasteiger partial charge on any atom is -0.398 e. The van der Waals surface area contributed by atoms with Crippen LogP contribution >= 0.6 is 15.9 Å². The SMILES string of the molecule is CC(C)CCOCCNS(=O)(=O)c1cc(N)c(Br)cc1F. The van der Waals surface area contributed by atoms with Crippen LogP contribution in [0.2, 0.25) is 0 Å². The highest BCUT2D eigenvalue weighted by atomic mass is 79.9. The summed E-state index contributed by atoms with van der Waals surface area (Å²) in [5.74, 6) is -0.328. The van der Waals surface area contributed by atoms with Gasteiger partial charge in [0.05, 0.1) is 6.61 Å². The zero-order valence-corrected chi connectivity index (χ0v) is 14.4. The predicted molar refractivity (Wildman–Crippen MR) is 84.0 cm³/mol. The summed E-state index contributed by atoms with van der Waals surface area (Å²) in [6.07, 6.45) is 0.907. The second-order valence-electron chi connectivity index (χ2n) is 5.00. The van der Waals surface area contributed by atoms with E-state index in [9.17, 15) is 12.8 Å². The molecule has 0 amide bonds. The molecule has 0 aliphatic carbocycles. The fourth-order valence-corrected chi connectivity index (χ4v) is 2.92. The molecule has 0 heterocycles. The maximum absolute atomic E-state index is 13.7. The van der Waals surface area contributed by atoms with Gasteiger partial charge in [-0.25, -0.2) is 17.5 Å². The second-order valence-corrected chi connectivity index (χ2v) is 7.59. The van der Waals surface area contributed by atoms with Crippen LogP contribution in [-0.4, -0.2) is 28.2 Å². The summed E-state index contributed by atoms with van der Waals surface area (Å²) in [6, 6.07) is 2.12. The molecule has 3 N–H and O–H groups in total. The highest BCUT2D eigenvalue weighted by molar-refractivity contribution is 9.10. The van der Waals surface area contributed by atoms with E-state index in [2.05, 4.69) is 34.5 Å². The number of rotatable bonds is 8. The van der Waals surface area contributed by atoms with Crippen molar-refractivity contribution < 1.29 is 17.5 Å². The molecule has 5 nitrogen and oxygen atoms in total. The number of anilines is 1. The first-order valence-electron chi connectivity index (χ1n) is 6.56. The van der Waals surface area contributed by atoms with Crippen LogP contribution in [0.1, 0.15) is 20.3 Å². The number of sulfonamides is 1. The summed E-state index contributed by atoms with van der Waals surface area (Å²) in [7, 11) is -3.94. The summed E-state index contributed by atoms with van der Waals surface area (Å²) < 4.78 is 45.6. The normalized spacial score (nSPS) is 12.0. The van der Waals surface area contributed by atoms with Crippen molar-refractivity contribution >= 4 is 31.6 Å². The van der Waals surface area contributed by atoms with E-state index in [0.29, 0.717) is 17.0 Å². The molecule has 0 aliphatic rings. The van der Waals surface area contributed by atoms with Gasteiger partial charge < -0.3 is 10.5 Å². The van der Waals surface area contributed by atoms with Crippen LogP contribution < -0.4 is 10.5 Å². The molecule has 0 aromatic heterocycles. The molecule has 0 unspecified atom stereocenters. The maximum Gasteiger partial charge on any atom is 0.243 e. The molecule has 0 spiro atoms. The minimum atomic E-state index is -3.94. The Kier molecular flexibility index (Phi) is 7.05. The van der Waals surface area contributed by atoms with Gasteiger partial charge in [0.2, 0.25) is 10.0 Å². The van der Waals surface area contributed by atoms with Crippen LogP contribution in [0.25, 0.3) is 0 Å². The Morgan fingerprint density at radius 1 is 1.38 bits per heavy atom. The molecule has 0 atom stereocenters. The van der Waals surface area contributed by atoms with Crippen molar-refractivity contribution in [1.29, 1.82) is 0 Å². The Hall–Kier alpha value is -0.700. The Morgan fingerprint density at radius 3 is 2.67 bits per heavy atom. The number of benzene rings is 1. The van der Waals surface area contributed by atoms with E-state index in [-0.39, 0.29) is 18.8 Å². The van der Waals surface area contributed by atoms with E-state index in [4.69, 9.17) is 10.5 Å². The van der Waals surface area contributed by atoms with Crippen molar-refractivity contribution in [2.75, 3.05) is 25.5 Å². The summed E-state index contributed by atoms with van der Waals surface area (Å²) in [5, 5.41) is 0. The van der Waals surface area contributed by atoms with Crippen LogP contribution in [0.15, 0.2) is 21.5 Å². The monoisotopic (exact) mass is 382 g/mol. The number of hydrogen-bond acceptors (Lipinski definition) is 4. The van der Waals surface area contributed by atoms with Crippen molar-refractivity contribution in [3.05, 3.63) is 22.4 Å². The fourth-order valence-electron chi connectivity index (χ4n) is 1.50. The third kappa shape index (κ3) is 5.90. The maximum atomic E-state index is 13.7. The molecule has 1 aromatic carbocycles. The zero-order valence-electron chi connectivity index (χ0n) is 12.0. The van der Waals surface area contributed by atoms with Gasteiger partial charge in [0.25, 0.3) is 0 Å². The molecule has 8 heteroatoms. The Morgan fingerprint density at radius 2 is 2.05 bits per heavy atom. The number of hydrogen-bond donors (Lipinski definition) is 2. The van der Waals surface area contributed by atoms with Gasteiger partial charge in [0.1, 0.15) is 10.7 Å². The smallest absolute Gasteiger partial charge is 0.243 e. The topological polar surface area (TPSA) is 81.4 Å². The van der Waals surface area contributed by atoms with Gasteiger partial charge in [-0.2, -0.15) is 0 Å². The summed E-state index contributed by atoms with van der Waals surface area (Å²) >= 11 is 3.04.